The van der Waals surface area contributed by atoms with Gasteiger partial charge in [-0.15, -0.1) is 0 Å². The third-order valence-electron chi connectivity index (χ3n) is 5.17. The normalized spacial score (nSPS) is 14.7. The molecule has 0 bridgehead atoms. The number of phenols is 1. The van der Waals surface area contributed by atoms with E-state index in [1.54, 1.807) is 35.0 Å². The van der Waals surface area contributed by atoms with E-state index in [2.05, 4.69) is 10.1 Å². The van der Waals surface area contributed by atoms with Crippen molar-refractivity contribution < 1.29 is 15.0 Å². The zero-order valence-corrected chi connectivity index (χ0v) is 18.8. The summed E-state index contributed by atoms with van der Waals surface area (Å²) < 4.78 is 2.46. The van der Waals surface area contributed by atoms with Gasteiger partial charge in [-0.25, -0.2) is 0 Å². The molecule has 0 saturated carbocycles. The van der Waals surface area contributed by atoms with Gasteiger partial charge in [0.15, 0.2) is 0 Å². The van der Waals surface area contributed by atoms with Crippen molar-refractivity contribution in [1.29, 1.82) is 0 Å². The van der Waals surface area contributed by atoms with Crippen molar-refractivity contribution in [1.82, 2.24) is 9.78 Å². The first-order valence-corrected chi connectivity index (χ1v) is 12.4. The van der Waals surface area contributed by atoms with E-state index >= 15 is 0 Å². The van der Waals surface area contributed by atoms with E-state index in [0.29, 0.717) is 34.3 Å². The maximum absolute atomic E-state index is 12.9. The van der Waals surface area contributed by atoms with Gasteiger partial charge in [0.25, 0.3) is 0 Å². The van der Waals surface area contributed by atoms with Gasteiger partial charge >= 0.3 is 178 Å². The second kappa shape index (κ2) is 8.15. The Labute approximate surface area is 177 Å². The van der Waals surface area contributed by atoms with Crippen molar-refractivity contribution in [2.45, 2.75) is 32.2 Å². The number of carbonyl (C=O) groups is 1. The van der Waals surface area contributed by atoms with E-state index in [-0.39, 0.29) is 27.8 Å². The van der Waals surface area contributed by atoms with Crippen molar-refractivity contribution in [3.8, 4) is 5.75 Å². The van der Waals surface area contributed by atoms with Crippen LogP contribution in [0.1, 0.15) is 37.8 Å². The fourth-order valence-corrected chi connectivity index (χ4v) is 6.57. The first kappa shape index (κ1) is 19.9. The Balaban J connectivity index is 1.81. The van der Waals surface area contributed by atoms with Crippen LogP contribution < -0.4 is 9.14 Å². The summed E-state index contributed by atoms with van der Waals surface area (Å²) in [5, 5.41) is 22.8. The summed E-state index contributed by atoms with van der Waals surface area (Å²) in [7, 11) is 0. The Hall–Kier alpha value is -2.39. The Kier molecular flexibility index (Phi) is 5.60. The standard InChI is InChI=1S/C21H21N3O4.Sn/c1-14(7-4-5-12-25)24-21(28)16-9-6-8-15(20(16)23-24)18(13-26)22-17-10-2-3-11-19(17)27;/h2-3,6,8-9,11,14,23,25,27H,4-5,7,12H2,1H3;. The van der Waals surface area contributed by atoms with Crippen molar-refractivity contribution >= 4 is 50.8 Å². The van der Waals surface area contributed by atoms with Gasteiger partial charge < -0.3 is 0 Å². The Morgan fingerprint density at radius 3 is 2.76 bits per heavy atom. The van der Waals surface area contributed by atoms with Crippen LogP contribution in [0.2, 0.25) is 0 Å². The van der Waals surface area contributed by atoms with Crippen molar-refractivity contribution in [2.24, 2.45) is 4.99 Å². The Bertz CT molecular complexity index is 1180. The number of para-hydroxylation sites is 2. The fraction of sp³-hybridized carbons (Fsp3) is 0.286. The molecule has 2 aromatic carbocycles. The molecular formula is C21H21N3O4Sn. The van der Waals surface area contributed by atoms with Crippen molar-refractivity contribution in [3.63, 3.8) is 0 Å². The minimum absolute atomic E-state index is 0.0174. The second-order valence-electron chi connectivity index (χ2n) is 7.17. The van der Waals surface area contributed by atoms with Gasteiger partial charge in [-0.2, -0.15) is 0 Å². The van der Waals surface area contributed by atoms with E-state index < -0.39 is 21.1 Å². The van der Waals surface area contributed by atoms with E-state index in [1.165, 1.54) is 0 Å². The molecule has 1 aromatic heterocycles. The predicted molar refractivity (Wildman–Crippen MR) is 113 cm³/mol. The number of hydrogen-bond acceptors (Lipinski definition) is 5. The number of unbranched alkanes of at least 4 members (excludes halogenated alkanes) is 1. The van der Waals surface area contributed by atoms with E-state index in [9.17, 15) is 14.7 Å². The average Bonchev–Trinajstić information content (AvgIpc) is 3.05. The topological polar surface area (TPSA) is 108 Å². The quantitative estimate of drug-likeness (QED) is 0.356. The van der Waals surface area contributed by atoms with Crippen LogP contribution in [-0.2, 0) is 4.79 Å². The number of rotatable bonds is 6. The molecule has 1 aliphatic heterocycles. The van der Waals surface area contributed by atoms with Gasteiger partial charge in [0.05, 0.1) is 0 Å². The molecule has 0 saturated heterocycles. The molecule has 2 radical (unpaired) electrons. The predicted octanol–water partition coefficient (Wildman–Crippen LogP) is 1.75. The number of aromatic hydroxyl groups is 1. The molecule has 1 atom stereocenters. The van der Waals surface area contributed by atoms with Gasteiger partial charge in [0.1, 0.15) is 0 Å². The molecule has 148 valence electrons. The first-order chi connectivity index (χ1) is 14.0. The van der Waals surface area contributed by atoms with Crippen LogP contribution >= 0.6 is 0 Å². The minimum atomic E-state index is -1.60. The number of aliphatic hydroxyl groups excluding tert-OH is 1. The average molecular weight is 498 g/mol. The molecule has 3 N–H and O–H groups in total. The number of nitrogens with zero attached hydrogens (tertiary/aromatic N) is 2. The van der Waals surface area contributed by atoms with E-state index in [1.807, 2.05) is 13.0 Å². The summed E-state index contributed by atoms with van der Waals surface area (Å²) in [6.45, 7) is 2.10. The van der Waals surface area contributed by atoms with Gasteiger partial charge in [-0.1, -0.05) is 0 Å². The van der Waals surface area contributed by atoms with Crippen LogP contribution in [0.3, 0.4) is 0 Å². The summed E-state index contributed by atoms with van der Waals surface area (Å²) in [6.07, 6.45) is 2.28. The Morgan fingerprint density at radius 2 is 1.97 bits per heavy atom. The fourth-order valence-electron chi connectivity index (χ4n) is 3.62. The number of aliphatic imine (C=N–C) groups is 1. The third kappa shape index (κ3) is 3.64. The summed E-state index contributed by atoms with van der Waals surface area (Å²) in [6, 6.07) is 10.4. The molecule has 0 amide bonds. The van der Waals surface area contributed by atoms with Crippen molar-refractivity contribution in [2.75, 3.05) is 6.61 Å². The maximum atomic E-state index is 12.9. The summed E-state index contributed by atoms with van der Waals surface area (Å²) in [5.74, 6) is 0.0733. The monoisotopic (exact) mass is 499 g/mol. The molecule has 0 aliphatic carbocycles. The van der Waals surface area contributed by atoms with Gasteiger partial charge in [0, 0.05) is 0 Å². The van der Waals surface area contributed by atoms with Crippen molar-refractivity contribution in [3.05, 3.63) is 52.3 Å². The number of carbonyl (C=O) groups excluding carboxylic acids is 1. The molecule has 3 aromatic rings. The van der Waals surface area contributed by atoms with Crippen LogP contribution in [0.4, 0.5) is 5.69 Å². The number of hydrogen-bond donors (Lipinski definition) is 3. The third-order valence-corrected chi connectivity index (χ3v) is 8.42. The summed E-state index contributed by atoms with van der Waals surface area (Å²) in [5.41, 5.74) is 1.85. The number of H-pyrrole nitrogens is 1. The zero-order chi connectivity index (χ0) is 20.5. The molecule has 1 unspecified atom stereocenters. The van der Waals surface area contributed by atoms with Crippen LogP contribution in [0, 0.1) is 0 Å². The first-order valence-electron chi connectivity index (χ1n) is 9.57. The molecular weight excluding hydrogens is 477 g/mol. The molecule has 4 rings (SSSR count). The molecule has 7 nitrogen and oxygen atoms in total. The second-order valence-corrected chi connectivity index (χ2v) is 10.7. The number of aliphatic hydroxyl groups is 1. The van der Waals surface area contributed by atoms with Crippen LogP contribution in [-0.4, -0.2) is 57.3 Å². The number of benzene rings is 2. The number of aromatic nitrogens is 2. The van der Waals surface area contributed by atoms with Crippen LogP contribution in [0.15, 0.2) is 46.2 Å². The molecule has 0 fully saturated rings. The van der Waals surface area contributed by atoms with Gasteiger partial charge in [0.2, 0.25) is 0 Å². The molecule has 0 spiro atoms. The SMILES string of the molecule is CC(CCCCO)n1[nH]c2c(C3=Nc4c(O)ccc[c]4[Sn][C]3=O)cccc2c1=O. The van der Waals surface area contributed by atoms with Gasteiger partial charge in [-0.3, -0.25) is 0 Å². The van der Waals surface area contributed by atoms with E-state index in [0.717, 1.165) is 16.4 Å². The Morgan fingerprint density at radius 1 is 1.17 bits per heavy atom. The molecule has 29 heavy (non-hydrogen) atoms. The summed E-state index contributed by atoms with van der Waals surface area (Å²) >= 11 is -1.60. The number of nitrogens with one attached hydrogen (secondary N) is 1. The number of phenolic OH excluding ortho intramolecular Hbond substituents is 1. The zero-order valence-electron chi connectivity index (χ0n) is 16.0. The van der Waals surface area contributed by atoms with E-state index in [4.69, 9.17) is 5.11 Å². The number of fused-ring (bicyclic) bond motifs is 2. The summed E-state index contributed by atoms with van der Waals surface area (Å²) in [4.78, 5) is 30.2. The van der Waals surface area contributed by atoms with Gasteiger partial charge in [-0.05, 0) is 0 Å². The molecule has 1 aliphatic rings. The van der Waals surface area contributed by atoms with Crippen LogP contribution in [0.25, 0.3) is 10.9 Å². The molecule has 2 heterocycles. The number of aromatic amines is 1. The van der Waals surface area contributed by atoms with Crippen LogP contribution in [0.5, 0.6) is 5.75 Å². The molecule has 8 heteroatoms.